The van der Waals surface area contributed by atoms with Crippen molar-refractivity contribution in [3.05, 3.63) is 114 Å². The van der Waals surface area contributed by atoms with Crippen LogP contribution >= 0.6 is 0 Å². The molecule has 0 spiro atoms. The van der Waals surface area contributed by atoms with E-state index in [9.17, 15) is 4.39 Å². The largest absolute Gasteiger partial charge is 0.501 e. The molecule has 0 aliphatic rings. The van der Waals surface area contributed by atoms with Gasteiger partial charge < -0.3 is 14.4 Å². The molecule has 0 atom stereocenters. The van der Waals surface area contributed by atoms with Gasteiger partial charge in [0, 0.05) is 37.2 Å². The summed E-state index contributed by atoms with van der Waals surface area (Å²) in [6, 6.07) is 26.6. The second-order valence-electron chi connectivity index (χ2n) is 12.3. The SMILES string of the molecule is CC(C)c1cc(-c2[c-]ccc3c2oc2ccccc23)ncc1F.[2H]C([2H])([2H])c1c[c-]c(-c2cc(C([2H])(C)C)c([Si](C)(C)C)cn2)cc1.[Ir]. The molecule has 0 saturated carbocycles. The van der Waals surface area contributed by atoms with E-state index < -0.39 is 20.8 Å². The number of furan rings is 1. The second kappa shape index (κ2) is 13.7. The average molecular weight is 783 g/mol. The molecule has 3 nitrogen and oxygen atoms in total. The first-order valence-electron chi connectivity index (χ1n) is 16.5. The van der Waals surface area contributed by atoms with E-state index >= 15 is 0 Å². The summed E-state index contributed by atoms with van der Waals surface area (Å²) in [4.78, 5) is 8.81. The number of hydrogen-bond donors (Lipinski definition) is 0. The Morgan fingerprint density at radius 3 is 2.27 bits per heavy atom. The van der Waals surface area contributed by atoms with Gasteiger partial charge in [-0.05, 0) is 40.0 Å². The summed E-state index contributed by atoms with van der Waals surface area (Å²) >= 11 is 0. The normalized spacial score (nSPS) is 13.4. The summed E-state index contributed by atoms with van der Waals surface area (Å²) in [7, 11) is -1.61. The summed E-state index contributed by atoms with van der Waals surface area (Å²) in [5, 5.41) is 3.26. The second-order valence-corrected chi connectivity index (χ2v) is 17.3. The van der Waals surface area contributed by atoms with Gasteiger partial charge in [-0.3, -0.25) is 0 Å². The summed E-state index contributed by atoms with van der Waals surface area (Å²) < 4.78 is 50.7. The van der Waals surface area contributed by atoms with Gasteiger partial charge in [-0.2, -0.15) is 0 Å². The van der Waals surface area contributed by atoms with Crippen molar-refractivity contribution in [1.82, 2.24) is 9.97 Å². The number of rotatable bonds is 5. The number of benzene rings is 3. The number of hydrogen-bond acceptors (Lipinski definition) is 3. The van der Waals surface area contributed by atoms with Crippen LogP contribution in [0.25, 0.3) is 44.5 Å². The Hall–Kier alpha value is -3.44. The molecule has 0 unspecified atom stereocenters. The van der Waals surface area contributed by atoms with E-state index in [1.807, 2.05) is 76.4 Å². The van der Waals surface area contributed by atoms with Crippen LogP contribution in [0.2, 0.25) is 19.6 Å². The molecule has 1 radical (unpaired) electrons. The maximum atomic E-state index is 13.9. The number of nitrogens with zero attached hydrogens (tertiary/aromatic N) is 2. The van der Waals surface area contributed by atoms with E-state index in [0.29, 0.717) is 11.3 Å². The van der Waals surface area contributed by atoms with E-state index in [0.717, 1.165) is 44.3 Å². The molecule has 0 aliphatic heterocycles. The zero-order valence-electron chi connectivity index (χ0n) is 30.1. The van der Waals surface area contributed by atoms with Crippen molar-refractivity contribution < 1.29 is 34.4 Å². The Morgan fingerprint density at radius 1 is 0.886 bits per heavy atom. The fraction of sp³-hybridized carbons (Fsp3) is 0.263. The zero-order chi connectivity index (χ0) is 34.3. The van der Waals surface area contributed by atoms with Crippen molar-refractivity contribution >= 4 is 35.2 Å². The molecule has 0 bridgehead atoms. The van der Waals surface area contributed by atoms with Gasteiger partial charge >= 0.3 is 0 Å². The first kappa shape index (κ1) is 28.1. The number of halogens is 1. The third kappa shape index (κ3) is 7.09. The quantitative estimate of drug-likeness (QED) is 0.129. The Bertz CT molecular complexity index is 2050. The summed E-state index contributed by atoms with van der Waals surface area (Å²) in [6.07, 6.45) is 3.17. The van der Waals surface area contributed by atoms with Crippen molar-refractivity contribution in [2.24, 2.45) is 0 Å². The Kier molecular flexibility index (Phi) is 8.73. The average Bonchev–Trinajstić information content (AvgIpc) is 3.39. The summed E-state index contributed by atoms with van der Waals surface area (Å²) in [5.74, 6) is -0.904. The van der Waals surface area contributed by atoms with Crippen LogP contribution in [0.1, 0.15) is 61.7 Å². The number of para-hydroxylation sites is 1. The molecule has 6 aromatic rings. The topological polar surface area (TPSA) is 38.9 Å². The van der Waals surface area contributed by atoms with Gasteiger partial charge in [-0.25, -0.2) is 4.39 Å². The van der Waals surface area contributed by atoms with E-state index in [-0.39, 0.29) is 37.4 Å². The molecule has 3 aromatic heterocycles. The van der Waals surface area contributed by atoms with Gasteiger partial charge in [0.2, 0.25) is 0 Å². The zero-order valence-corrected chi connectivity index (χ0v) is 29.5. The van der Waals surface area contributed by atoms with Gasteiger partial charge in [0.1, 0.15) is 11.4 Å². The molecule has 0 N–H and O–H groups in total. The molecule has 229 valence electrons. The minimum Gasteiger partial charge on any atom is -0.501 e. The van der Waals surface area contributed by atoms with Crippen molar-refractivity contribution in [2.75, 3.05) is 0 Å². The van der Waals surface area contributed by atoms with Crippen LogP contribution in [0.5, 0.6) is 0 Å². The smallest absolute Gasteiger partial charge is 0.143 e. The van der Waals surface area contributed by atoms with Crippen molar-refractivity contribution in [2.45, 2.75) is 66.0 Å². The van der Waals surface area contributed by atoms with E-state index in [1.165, 1.54) is 17.4 Å². The molecule has 3 aromatic carbocycles. The molecular formula is C38H39FIrN2OSi-2. The Labute approximate surface area is 280 Å². The van der Waals surface area contributed by atoms with E-state index in [4.69, 9.17) is 9.90 Å². The first-order valence-corrected chi connectivity index (χ1v) is 18.0. The third-order valence-electron chi connectivity index (χ3n) is 7.44. The van der Waals surface area contributed by atoms with Gasteiger partial charge in [0.15, 0.2) is 0 Å². The molecule has 6 heteroatoms. The standard InChI is InChI=1S/C20H15FNO.C18H24NSi.Ir/c1-12(2)16-10-18(22-11-17(16)21)15-8-5-7-14-13-6-3-4-9-19(13)23-20(14)15;1-13(2)16-11-17(15-9-7-14(3)8-10-15)19-12-18(16)20(4,5)6;/h3-7,9-12H,1-2H3;7-9,11-13H,1-6H3;/q2*-1;/i;3D3,13D;. The van der Waals surface area contributed by atoms with E-state index in [2.05, 4.69) is 41.7 Å². The molecule has 0 fully saturated rings. The first-order chi connectivity index (χ1) is 21.9. The van der Waals surface area contributed by atoms with Gasteiger partial charge in [-0.15, -0.1) is 53.6 Å². The fourth-order valence-corrected chi connectivity index (χ4v) is 6.69. The molecule has 0 saturated heterocycles. The van der Waals surface area contributed by atoms with Crippen LogP contribution in [-0.2, 0) is 20.1 Å². The van der Waals surface area contributed by atoms with Crippen LogP contribution < -0.4 is 5.19 Å². The predicted octanol–water partition coefficient (Wildman–Crippen LogP) is 10.2. The summed E-state index contributed by atoms with van der Waals surface area (Å²) in [6.45, 7) is 12.3. The van der Waals surface area contributed by atoms with Crippen LogP contribution in [0.15, 0.2) is 83.5 Å². The molecule has 3 heterocycles. The number of aromatic nitrogens is 2. The summed E-state index contributed by atoms with van der Waals surface area (Å²) in [5.41, 5.74) is 6.39. The fourth-order valence-electron chi connectivity index (χ4n) is 5.11. The maximum Gasteiger partial charge on any atom is 0.143 e. The van der Waals surface area contributed by atoms with Crippen LogP contribution in [0, 0.1) is 24.8 Å². The van der Waals surface area contributed by atoms with E-state index in [1.54, 1.807) is 18.2 Å². The van der Waals surface area contributed by atoms with Gasteiger partial charge in [0.05, 0.1) is 19.9 Å². The van der Waals surface area contributed by atoms with Gasteiger partial charge in [-0.1, -0.05) is 101 Å². The monoisotopic (exact) mass is 783 g/mol. The predicted molar refractivity (Wildman–Crippen MR) is 180 cm³/mol. The molecule has 6 rings (SSSR count). The molecule has 0 aliphatic carbocycles. The number of fused-ring (bicyclic) bond motifs is 3. The van der Waals surface area contributed by atoms with Crippen molar-refractivity contribution in [3.8, 4) is 22.5 Å². The van der Waals surface area contributed by atoms with Crippen LogP contribution in [0.4, 0.5) is 4.39 Å². The van der Waals surface area contributed by atoms with Crippen LogP contribution in [-0.4, -0.2) is 18.0 Å². The maximum absolute atomic E-state index is 13.9. The third-order valence-corrected chi connectivity index (χ3v) is 9.46. The number of aryl methyl sites for hydroxylation is 1. The molecular weight excluding hydrogens is 740 g/mol. The van der Waals surface area contributed by atoms with Crippen molar-refractivity contribution in [1.29, 1.82) is 0 Å². The van der Waals surface area contributed by atoms with Crippen molar-refractivity contribution in [3.63, 3.8) is 0 Å². The Balaban J connectivity index is 0.000000212. The number of pyridine rings is 2. The van der Waals surface area contributed by atoms with Crippen LogP contribution in [0.3, 0.4) is 0 Å². The minimum atomic E-state index is -2.13. The molecule has 44 heavy (non-hydrogen) atoms. The van der Waals surface area contributed by atoms with Gasteiger partial charge in [0.25, 0.3) is 0 Å². The molecule has 0 amide bonds. The Morgan fingerprint density at radius 2 is 1.61 bits per heavy atom. The minimum absolute atomic E-state index is 0.